The van der Waals surface area contributed by atoms with Gasteiger partial charge in [-0.2, -0.15) is 0 Å². The largest absolute Gasteiger partial charge is 0.380 e. The molecule has 0 aromatic heterocycles. The molecule has 0 spiro atoms. The summed E-state index contributed by atoms with van der Waals surface area (Å²) in [5.74, 6) is -1.14. The highest BCUT2D eigenvalue weighted by molar-refractivity contribution is 5.21. The van der Waals surface area contributed by atoms with Gasteiger partial charge in [-0.1, -0.05) is 0 Å². The maximum Gasteiger partial charge on any atom is 0.126 e. The molecule has 0 aliphatic carbocycles. The predicted molar refractivity (Wildman–Crippen MR) is 54.7 cm³/mol. The SMILES string of the molecule is CCOCC(NC)c1cc(F)cc(F)c1. The molecule has 1 atom stereocenters. The van der Waals surface area contributed by atoms with Crippen molar-refractivity contribution in [2.24, 2.45) is 0 Å². The molecule has 2 nitrogen and oxygen atoms in total. The van der Waals surface area contributed by atoms with Crippen molar-refractivity contribution in [1.29, 1.82) is 0 Å². The van der Waals surface area contributed by atoms with Gasteiger partial charge < -0.3 is 10.1 Å². The molecule has 1 unspecified atom stereocenters. The van der Waals surface area contributed by atoms with Crippen molar-refractivity contribution >= 4 is 0 Å². The second-order valence-corrected chi connectivity index (χ2v) is 3.20. The van der Waals surface area contributed by atoms with Crippen molar-refractivity contribution in [3.05, 3.63) is 35.4 Å². The van der Waals surface area contributed by atoms with E-state index in [4.69, 9.17) is 4.74 Å². The van der Waals surface area contributed by atoms with Gasteiger partial charge in [0.1, 0.15) is 11.6 Å². The van der Waals surface area contributed by atoms with Gasteiger partial charge in [-0.3, -0.25) is 0 Å². The smallest absolute Gasteiger partial charge is 0.126 e. The highest BCUT2D eigenvalue weighted by Crippen LogP contribution is 2.16. The van der Waals surface area contributed by atoms with E-state index in [1.807, 2.05) is 6.92 Å². The summed E-state index contributed by atoms with van der Waals surface area (Å²) in [5, 5.41) is 2.95. The van der Waals surface area contributed by atoms with Crippen molar-refractivity contribution in [1.82, 2.24) is 5.32 Å². The molecule has 1 aromatic carbocycles. The Balaban J connectivity index is 2.81. The maximum atomic E-state index is 12.9. The third-order valence-corrected chi connectivity index (χ3v) is 2.12. The molecule has 0 bridgehead atoms. The summed E-state index contributed by atoms with van der Waals surface area (Å²) in [7, 11) is 1.73. The van der Waals surface area contributed by atoms with Crippen LogP contribution >= 0.6 is 0 Å². The molecule has 1 rings (SSSR count). The van der Waals surface area contributed by atoms with Crippen LogP contribution in [-0.4, -0.2) is 20.3 Å². The lowest BCUT2D eigenvalue weighted by atomic mass is 10.1. The summed E-state index contributed by atoms with van der Waals surface area (Å²) in [6.07, 6.45) is 0. The van der Waals surface area contributed by atoms with Crippen LogP contribution in [-0.2, 0) is 4.74 Å². The molecule has 0 radical (unpaired) electrons. The van der Waals surface area contributed by atoms with Gasteiger partial charge in [-0.05, 0) is 31.7 Å². The molecule has 0 saturated carbocycles. The molecule has 1 N–H and O–H groups in total. The molecule has 4 heteroatoms. The highest BCUT2D eigenvalue weighted by atomic mass is 19.1. The van der Waals surface area contributed by atoms with E-state index in [9.17, 15) is 8.78 Å². The summed E-state index contributed by atoms with van der Waals surface area (Å²) >= 11 is 0. The van der Waals surface area contributed by atoms with E-state index in [2.05, 4.69) is 5.32 Å². The van der Waals surface area contributed by atoms with Gasteiger partial charge in [0.25, 0.3) is 0 Å². The van der Waals surface area contributed by atoms with Gasteiger partial charge in [0.05, 0.1) is 12.6 Å². The molecule has 0 saturated heterocycles. The number of likely N-dealkylation sites (N-methyl/N-ethyl adjacent to an activating group) is 1. The Kier molecular flexibility index (Phi) is 4.65. The summed E-state index contributed by atoms with van der Waals surface area (Å²) in [4.78, 5) is 0. The normalized spacial score (nSPS) is 12.8. The van der Waals surface area contributed by atoms with E-state index in [0.29, 0.717) is 18.8 Å². The van der Waals surface area contributed by atoms with Gasteiger partial charge in [0, 0.05) is 12.7 Å². The van der Waals surface area contributed by atoms with Gasteiger partial charge in [-0.15, -0.1) is 0 Å². The van der Waals surface area contributed by atoms with Crippen molar-refractivity contribution in [2.45, 2.75) is 13.0 Å². The first-order chi connectivity index (χ1) is 7.17. The van der Waals surface area contributed by atoms with Gasteiger partial charge >= 0.3 is 0 Å². The fraction of sp³-hybridized carbons (Fsp3) is 0.455. The van der Waals surface area contributed by atoms with E-state index in [-0.39, 0.29) is 6.04 Å². The first-order valence-corrected chi connectivity index (χ1v) is 4.88. The minimum atomic E-state index is -0.568. The first kappa shape index (κ1) is 12.1. The second-order valence-electron chi connectivity index (χ2n) is 3.20. The molecule has 0 aliphatic rings. The number of hydrogen-bond acceptors (Lipinski definition) is 2. The van der Waals surface area contributed by atoms with Crippen molar-refractivity contribution in [2.75, 3.05) is 20.3 Å². The zero-order valence-electron chi connectivity index (χ0n) is 8.89. The lowest BCUT2D eigenvalue weighted by Gasteiger charge is -2.16. The van der Waals surface area contributed by atoms with Crippen LogP contribution in [0.5, 0.6) is 0 Å². The quantitative estimate of drug-likeness (QED) is 0.813. The molecule has 84 valence electrons. The van der Waals surface area contributed by atoms with E-state index in [0.717, 1.165) is 6.07 Å². The van der Waals surface area contributed by atoms with E-state index in [1.54, 1.807) is 7.05 Å². The molecule has 1 aromatic rings. The molecule has 0 aliphatic heterocycles. The van der Waals surface area contributed by atoms with Crippen LogP contribution < -0.4 is 5.32 Å². The number of ether oxygens (including phenoxy) is 1. The first-order valence-electron chi connectivity index (χ1n) is 4.88. The van der Waals surface area contributed by atoms with Crippen LogP contribution in [0.4, 0.5) is 8.78 Å². The number of halogens is 2. The van der Waals surface area contributed by atoms with Gasteiger partial charge in [0.2, 0.25) is 0 Å². The Labute approximate surface area is 88.3 Å². The minimum Gasteiger partial charge on any atom is -0.380 e. The predicted octanol–water partition coefficient (Wildman–Crippen LogP) is 2.26. The van der Waals surface area contributed by atoms with Crippen LogP contribution in [0.3, 0.4) is 0 Å². The van der Waals surface area contributed by atoms with E-state index in [1.165, 1.54) is 12.1 Å². The lowest BCUT2D eigenvalue weighted by Crippen LogP contribution is -2.22. The third-order valence-electron chi connectivity index (χ3n) is 2.12. The van der Waals surface area contributed by atoms with E-state index >= 15 is 0 Å². The average molecular weight is 215 g/mol. The molecule has 0 heterocycles. The molecule has 0 fully saturated rings. The number of hydrogen-bond donors (Lipinski definition) is 1. The summed E-state index contributed by atoms with van der Waals surface area (Å²) in [5.41, 5.74) is 0.559. The third kappa shape index (κ3) is 3.57. The number of rotatable bonds is 5. The summed E-state index contributed by atoms with van der Waals surface area (Å²) in [6.45, 7) is 2.85. The monoisotopic (exact) mass is 215 g/mol. The fourth-order valence-electron chi connectivity index (χ4n) is 1.36. The topological polar surface area (TPSA) is 21.3 Å². The Morgan fingerprint density at radius 2 is 1.87 bits per heavy atom. The fourth-order valence-corrected chi connectivity index (χ4v) is 1.36. The molecular formula is C11H15F2NO. The van der Waals surface area contributed by atoms with Gasteiger partial charge in [-0.25, -0.2) is 8.78 Å². The maximum absolute atomic E-state index is 12.9. The van der Waals surface area contributed by atoms with Crippen molar-refractivity contribution in [3.8, 4) is 0 Å². The van der Waals surface area contributed by atoms with Crippen LogP contribution in [0.1, 0.15) is 18.5 Å². The molecule has 0 amide bonds. The van der Waals surface area contributed by atoms with Crippen LogP contribution in [0, 0.1) is 11.6 Å². The standard InChI is InChI=1S/C11H15F2NO/c1-3-15-7-11(14-2)8-4-9(12)6-10(13)5-8/h4-6,11,14H,3,7H2,1-2H3. The van der Waals surface area contributed by atoms with Crippen LogP contribution in [0.25, 0.3) is 0 Å². The van der Waals surface area contributed by atoms with Gasteiger partial charge in [0.15, 0.2) is 0 Å². The summed E-state index contributed by atoms with van der Waals surface area (Å²) < 4.78 is 31.1. The Hall–Kier alpha value is -1.00. The van der Waals surface area contributed by atoms with Crippen molar-refractivity contribution in [3.63, 3.8) is 0 Å². The average Bonchev–Trinajstić information content (AvgIpc) is 2.17. The zero-order chi connectivity index (χ0) is 11.3. The minimum absolute atomic E-state index is 0.185. The van der Waals surface area contributed by atoms with Crippen LogP contribution in [0.15, 0.2) is 18.2 Å². The molecular weight excluding hydrogens is 200 g/mol. The number of benzene rings is 1. The highest BCUT2D eigenvalue weighted by Gasteiger charge is 2.11. The van der Waals surface area contributed by atoms with E-state index < -0.39 is 11.6 Å². The number of nitrogens with one attached hydrogen (secondary N) is 1. The lowest BCUT2D eigenvalue weighted by molar-refractivity contribution is 0.125. The summed E-state index contributed by atoms with van der Waals surface area (Å²) in [6, 6.07) is 3.29. The Morgan fingerprint density at radius 1 is 1.27 bits per heavy atom. The Morgan fingerprint density at radius 3 is 2.33 bits per heavy atom. The Bertz CT molecular complexity index is 297. The zero-order valence-corrected chi connectivity index (χ0v) is 8.89. The van der Waals surface area contributed by atoms with Crippen molar-refractivity contribution < 1.29 is 13.5 Å². The second kappa shape index (κ2) is 5.78. The van der Waals surface area contributed by atoms with Crippen LogP contribution in [0.2, 0.25) is 0 Å². The molecule has 15 heavy (non-hydrogen) atoms.